The number of halogens is 1. The van der Waals surface area contributed by atoms with E-state index in [1.165, 1.54) is 5.01 Å². The molecule has 21 heavy (non-hydrogen) atoms. The number of amides is 1. The molecule has 0 atom stereocenters. The molecule has 0 aliphatic carbocycles. The summed E-state index contributed by atoms with van der Waals surface area (Å²) in [6.07, 6.45) is 1.82. The minimum atomic E-state index is 0.00348. The molecule has 0 unspecified atom stereocenters. The van der Waals surface area contributed by atoms with Gasteiger partial charge < -0.3 is 4.74 Å². The van der Waals surface area contributed by atoms with Gasteiger partial charge in [0.1, 0.15) is 12.3 Å². The number of ether oxygens (including phenoxy) is 1. The molecule has 1 amide bonds. The second kappa shape index (κ2) is 7.14. The summed E-state index contributed by atoms with van der Waals surface area (Å²) in [6, 6.07) is 5.51. The zero-order valence-electron chi connectivity index (χ0n) is 12.1. The van der Waals surface area contributed by atoms with E-state index in [9.17, 15) is 4.79 Å². The van der Waals surface area contributed by atoms with Crippen molar-refractivity contribution in [1.82, 2.24) is 5.01 Å². The van der Waals surface area contributed by atoms with Gasteiger partial charge in [0.15, 0.2) is 0 Å². The third-order valence-corrected chi connectivity index (χ3v) is 3.42. The van der Waals surface area contributed by atoms with E-state index >= 15 is 0 Å². The second-order valence-electron chi connectivity index (χ2n) is 4.55. The van der Waals surface area contributed by atoms with Crippen LogP contribution in [0.4, 0.5) is 0 Å². The number of rotatable bonds is 3. The van der Waals surface area contributed by atoms with Crippen molar-refractivity contribution in [3.63, 3.8) is 0 Å². The molecule has 2 rings (SSSR count). The van der Waals surface area contributed by atoms with Crippen LogP contribution in [0.1, 0.15) is 31.7 Å². The Bertz CT molecular complexity index is 629. The van der Waals surface area contributed by atoms with Crippen molar-refractivity contribution < 1.29 is 9.53 Å². The fraction of sp³-hybridized carbons (Fsp3) is 0.375. The number of methoxy groups -OCH3 is 1. The molecule has 0 radical (unpaired) electrons. The minimum absolute atomic E-state index is 0.00348. The predicted octanol–water partition coefficient (Wildman–Crippen LogP) is 3.09. The largest absolute Gasteiger partial charge is 0.495 e. The van der Waals surface area contributed by atoms with Gasteiger partial charge >= 0.3 is 0 Å². The summed E-state index contributed by atoms with van der Waals surface area (Å²) in [5.74, 6) is 6.51. The number of hydrazone groups is 1. The van der Waals surface area contributed by atoms with E-state index in [1.54, 1.807) is 13.2 Å². The first-order chi connectivity index (χ1) is 10.2. The number of hydrogen-bond acceptors (Lipinski definition) is 3. The van der Waals surface area contributed by atoms with Crippen LogP contribution in [0.25, 0.3) is 0 Å². The van der Waals surface area contributed by atoms with E-state index in [4.69, 9.17) is 16.3 Å². The highest BCUT2D eigenvalue weighted by Gasteiger charge is 2.21. The summed E-state index contributed by atoms with van der Waals surface area (Å²) < 4.78 is 5.14. The van der Waals surface area contributed by atoms with Gasteiger partial charge in [0, 0.05) is 19.3 Å². The highest BCUT2D eigenvalue weighted by molar-refractivity contribution is 6.32. The van der Waals surface area contributed by atoms with Crippen molar-refractivity contribution in [3.05, 3.63) is 28.8 Å². The Morgan fingerprint density at radius 1 is 1.38 bits per heavy atom. The molecule has 1 heterocycles. The van der Waals surface area contributed by atoms with Gasteiger partial charge in [-0.05, 0) is 23.8 Å². The van der Waals surface area contributed by atoms with Gasteiger partial charge in [0.2, 0.25) is 5.91 Å². The van der Waals surface area contributed by atoms with Gasteiger partial charge in [0.05, 0.1) is 17.8 Å². The third-order valence-electron chi connectivity index (χ3n) is 3.12. The van der Waals surface area contributed by atoms with Gasteiger partial charge in [-0.3, -0.25) is 4.79 Å². The first kappa shape index (κ1) is 15.4. The summed E-state index contributed by atoms with van der Waals surface area (Å²) in [5.41, 5.74) is 1.75. The molecule has 0 saturated heterocycles. The lowest BCUT2D eigenvalue weighted by atomic mass is 10.0. The molecule has 1 aliphatic heterocycles. The van der Waals surface area contributed by atoms with Crippen LogP contribution in [0.3, 0.4) is 0 Å². The second-order valence-corrected chi connectivity index (χ2v) is 4.96. The smallest absolute Gasteiger partial charge is 0.243 e. The number of nitrogens with zero attached hydrogens (tertiary/aromatic N) is 2. The van der Waals surface area contributed by atoms with Crippen molar-refractivity contribution in [2.24, 2.45) is 5.10 Å². The third kappa shape index (κ3) is 3.77. The molecule has 0 saturated carbocycles. The van der Waals surface area contributed by atoms with E-state index in [1.807, 2.05) is 19.1 Å². The zero-order chi connectivity index (χ0) is 15.2. The zero-order valence-corrected chi connectivity index (χ0v) is 12.9. The Morgan fingerprint density at radius 2 is 2.19 bits per heavy atom. The SMILES string of the molecule is CCC#CCN1N=C(c2ccc(OC)c(Cl)c2)CCC1=O. The molecule has 0 fully saturated rings. The lowest BCUT2D eigenvalue weighted by molar-refractivity contribution is -0.131. The van der Waals surface area contributed by atoms with E-state index < -0.39 is 0 Å². The summed E-state index contributed by atoms with van der Waals surface area (Å²) in [4.78, 5) is 11.8. The lowest BCUT2D eigenvalue weighted by Gasteiger charge is -2.22. The minimum Gasteiger partial charge on any atom is -0.495 e. The fourth-order valence-electron chi connectivity index (χ4n) is 2.03. The number of carbonyl (C=O) groups excluding carboxylic acids is 1. The fourth-order valence-corrected chi connectivity index (χ4v) is 2.29. The maximum Gasteiger partial charge on any atom is 0.243 e. The molecule has 0 spiro atoms. The van der Waals surface area contributed by atoms with Crippen LogP contribution in [-0.4, -0.2) is 30.3 Å². The molecule has 1 aromatic carbocycles. The van der Waals surface area contributed by atoms with Crippen molar-refractivity contribution in [1.29, 1.82) is 0 Å². The molecule has 1 aliphatic rings. The molecular weight excluding hydrogens is 288 g/mol. The van der Waals surface area contributed by atoms with Crippen molar-refractivity contribution in [3.8, 4) is 17.6 Å². The summed E-state index contributed by atoms with van der Waals surface area (Å²) in [5, 5.41) is 6.36. The standard InChI is InChI=1S/C16H17ClN2O2/c1-3-4-5-10-19-16(20)9-7-14(18-19)12-6-8-15(21-2)13(17)11-12/h6,8,11H,3,7,9-10H2,1-2H3. The first-order valence-electron chi connectivity index (χ1n) is 6.83. The predicted molar refractivity (Wildman–Crippen MR) is 83.6 cm³/mol. The van der Waals surface area contributed by atoms with Crippen LogP contribution in [-0.2, 0) is 4.79 Å². The molecule has 4 nitrogen and oxygen atoms in total. The van der Waals surface area contributed by atoms with Crippen molar-refractivity contribution in [2.75, 3.05) is 13.7 Å². The number of carbonyl (C=O) groups is 1. The van der Waals surface area contributed by atoms with Crippen LogP contribution in [0, 0.1) is 11.8 Å². The monoisotopic (exact) mass is 304 g/mol. The summed E-state index contributed by atoms with van der Waals surface area (Å²) >= 11 is 6.13. The average Bonchev–Trinajstić information content (AvgIpc) is 2.49. The van der Waals surface area contributed by atoms with E-state index in [2.05, 4.69) is 16.9 Å². The van der Waals surface area contributed by atoms with E-state index in [0.717, 1.165) is 17.7 Å². The van der Waals surface area contributed by atoms with E-state index in [0.29, 0.717) is 30.2 Å². The van der Waals surface area contributed by atoms with Crippen LogP contribution in [0.15, 0.2) is 23.3 Å². The van der Waals surface area contributed by atoms with Gasteiger partial charge in [0.25, 0.3) is 0 Å². The van der Waals surface area contributed by atoms with Crippen LogP contribution < -0.4 is 4.74 Å². The Hall–Kier alpha value is -1.99. The normalized spacial score (nSPS) is 14.3. The van der Waals surface area contributed by atoms with Crippen molar-refractivity contribution in [2.45, 2.75) is 26.2 Å². The van der Waals surface area contributed by atoms with Gasteiger partial charge in [-0.1, -0.05) is 24.4 Å². The maximum atomic E-state index is 11.8. The van der Waals surface area contributed by atoms with E-state index in [-0.39, 0.29) is 5.91 Å². The highest BCUT2D eigenvalue weighted by Crippen LogP contribution is 2.26. The Balaban J connectivity index is 2.24. The van der Waals surface area contributed by atoms with Crippen LogP contribution in [0.5, 0.6) is 5.75 Å². The first-order valence-corrected chi connectivity index (χ1v) is 7.21. The van der Waals surface area contributed by atoms with Gasteiger partial charge in [-0.25, -0.2) is 5.01 Å². The Kier molecular flexibility index (Phi) is 5.24. The summed E-state index contributed by atoms with van der Waals surface area (Å²) in [7, 11) is 1.58. The molecular formula is C16H17ClN2O2. The molecule has 5 heteroatoms. The molecule has 110 valence electrons. The summed E-state index contributed by atoms with van der Waals surface area (Å²) in [6.45, 7) is 2.30. The molecule has 0 bridgehead atoms. The lowest BCUT2D eigenvalue weighted by Crippen LogP contribution is -2.32. The Labute approximate surface area is 129 Å². The van der Waals surface area contributed by atoms with Crippen LogP contribution in [0.2, 0.25) is 5.02 Å². The Morgan fingerprint density at radius 3 is 2.86 bits per heavy atom. The van der Waals surface area contributed by atoms with Gasteiger partial charge in [-0.15, -0.1) is 5.92 Å². The highest BCUT2D eigenvalue weighted by atomic mass is 35.5. The topological polar surface area (TPSA) is 41.9 Å². The van der Waals surface area contributed by atoms with Crippen LogP contribution >= 0.6 is 11.6 Å². The molecule has 0 N–H and O–H groups in total. The molecule has 1 aromatic rings. The quantitative estimate of drug-likeness (QED) is 0.805. The molecule has 0 aromatic heterocycles. The van der Waals surface area contributed by atoms with Crippen molar-refractivity contribution >= 4 is 23.2 Å². The number of hydrogen-bond donors (Lipinski definition) is 0. The number of benzene rings is 1. The maximum absolute atomic E-state index is 11.8. The van der Waals surface area contributed by atoms with Gasteiger partial charge in [-0.2, -0.15) is 5.10 Å². The average molecular weight is 305 g/mol.